The van der Waals surface area contributed by atoms with E-state index in [4.69, 9.17) is 10.5 Å². The standard InChI is InChI=1S/C33H56N4O5/c1-9-11-12-13-14-15-22-37(31(40)26(20-21-27(34)38)36-32(41)42-33(6,7)8)29(30(39)35-25(5)17-10-2)28-23(3)18-16-19-24(28)4/h16,18-19,25-26,29H,9-15,17,20-22H2,1-8H3,(H2,34,38)(H,35,39)(H,36,41). The first kappa shape index (κ1) is 36.9. The minimum atomic E-state index is -1.10. The quantitative estimate of drug-likeness (QED) is 0.181. The number of carbonyl (C=O) groups is 4. The zero-order valence-electron chi connectivity index (χ0n) is 27.3. The summed E-state index contributed by atoms with van der Waals surface area (Å²) in [6.45, 7) is 15.6. The number of nitrogens with zero attached hydrogens (tertiary/aromatic N) is 1. The Kier molecular flexibility index (Phi) is 16.2. The van der Waals surface area contributed by atoms with Gasteiger partial charge in [-0.05, 0) is 77.5 Å². The first-order chi connectivity index (χ1) is 19.7. The summed E-state index contributed by atoms with van der Waals surface area (Å²) in [6, 6.07) is 3.73. The van der Waals surface area contributed by atoms with Gasteiger partial charge in [0.2, 0.25) is 17.7 Å². The monoisotopic (exact) mass is 588 g/mol. The summed E-state index contributed by atoms with van der Waals surface area (Å²) in [7, 11) is 0. The molecule has 0 spiro atoms. The molecule has 0 bridgehead atoms. The average Bonchev–Trinajstić information content (AvgIpc) is 2.87. The minimum Gasteiger partial charge on any atom is -0.444 e. The summed E-state index contributed by atoms with van der Waals surface area (Å²) in [6.07, 6.45) is 6.86. The Morgan fingerprint density at radius 3 is 2.05 bits per heavy atom. The molecule has 0 saturated carbocycles. The van der Waals surface area contributed by atoms with Gasteiger partial charge in [0.1, 0.15) is 17.7 Å². The van der Waals surface area contributed by atoms with Crippen LogP contribution in [0.5, 0.6) is 0 Å². The Morgan fingerprint density at radius 2 is 1.50 bits per heavy atom. The van der Waals surface area contributed by atoms with Crippen molar-refractivity contribution in [2.75, 3.05) is 6.54 Å². The molecule has 0 saturated heterocycles. The number of nitrogens with one attached hydrogen (secondary N) is 2. The van der Waals surface area contributed by atoms with E-state index < -0.39 is 35.6 Å². The number of carbonyl (C=O) groups excluding carboxylic acids is 4. The van der Waals surface area contributed by atoms with Gasteiger partial charge in [-0.15, -0.1) is 0 Å². The lowest BCUT2D eigenvalue weighted by Gasteiger charge is -2.36. The predicted octanol–water partition coefficient (Wildman–Crippen LogP) is 6.00. The smallest absolute Gasteiger partial charge is 0.408 e. The normalized spacial score (nSPS) is 13.5. The van der Waals surface area contributed by atoms with Crippen LogP contribution >= 0.6 is 0 Å². The number of rotatable bonds is 18. The van der Waals surface area contributed by atoms with Crippen LogP contribution in [-0.4, -0.2) is 52.9 Å². The second-order valence-corrected chi connectivity index (χ2v) is 12.4. The summed E-state index contributed by atoms with van der Waals surface area (Å²) in [4.78, 5) is 54.6. The Labute approximate surface area is 253 Å². The van der Waals surface area contributed by atoms with Gasteiger partial charge in [-0.2, -0.15) is 0 Å². The van der Waals surface area contributed by atoms with Gasteiger partial charge in [0.15, 0.2) is 0 Å². The van der Waals surface area contributed by atoms with E-state index in [0.717, 1.165) is 61.6 Å². The molecule has 3 atom stereocenters. The molecule has 4 N–H and O–H groups in total. The van der Waals surface area contributed by atoms with Gasteiger partial charge < -0.3 is 26.0 Å². The third kappa shape index (κ3) is 13.3. The number of alkyl carbamates (subject to hydrolysis) is 1. The number of benzene rings is 1. The molecule has 0 aliphatic carbocycles. The molecule has 4 amide bonds. The van der Waals surface area contributed by atoms with Gasteiger partial charge in [-0.1, -0.05) is 70.6 Å². The Balaban J connectivity index is 3.59. The maximum absolute atomic E-state index is 14.4. The summed E-state index contributed by atoms with van der Waals surface area (Å²) in [5.74, 6) is -1.29. The highest BCUT2D eigenvalue weighted by atomic mass is 16.6. The molecule has 238 valence electrons. The topological polar surface area (TPSA) is 131 Å². The number of primary amides is 1. The van der Waals surface area contributed by atoms with Crippen molar-refractivity contribution in [2.45, 2.75) is 143 Å². The lowest BCUT2D eigenvalue weighted by atomic mass is 9.92. The summed E-state index contributed by atoms with van der Waals surface area (Å²) < 4.78 is 5.44. The first-order valence-corrected chi connectivity index (χ1v) is 15.7. The Bertz CT molecular complexity index is 1000. The first-order valence-electron chi connectivity index (χ1n) is 15.7. The molecule has 0 heterocycles. The molecule has 1 aromatic carbocycles. The van der Waals surface area contributed by atoms with Gasteiger partial charge in [0.25, 0.3) is 0 Å². The van der Waals surface area contributed by atoms with E-state index >= 15 is 0 Å². The van der Waals surface area contributed by atoms with Gasteiger partial charge in [0, 0.05) is 19.0 Å². The van der Waals surface area contributed by atoms with Crippen molar-refractivity contribution in [2.24, 2.45) is 5.73 Å². The lowest BCUT2D eigenvalue weighted by molar-refractivity contribution is -0.143. The number of ether oxygens (including phenoxy) is 1. The molecular formula is C33H56N4O5. The molecule has 0 radical (unpaired) electrons. The van der Waals surface area contributed by atoms with Crippen LogP contribution in [0.4, 0.5) is 4.79 Å². The van der Waals surface area contributed by atoms with Crippen molar-refractivity contribution in [3.63, 3.8) is 0 Å². The van der Waals surface area contributed by atoms with Crippen molar-refractivity contribution in [1.29, 1.82) is 0 Å². The van der Waals surface area contributed by atoms with E-state index in [0.29, 0.717) is 13.0 Å². The number of nitrogens with two attached hydrogens (primary N) is 1. The van der Waals surface area contributed by atoms with Crippen LogP contribution < -0.4 is 16.4 Å². The zero-order valence-corrected chi connectivity index (χ0v) is 27.3. The fourth-order valence-electron chi connectivity index (χ4n) is 5.14. The van der Waals surface area contributed by atoms with E-state index in [1.165, 1.54) is 0 Å². The van der Waals surface area contributed by atoms with E-state index in [2.05, 4.69) is 24.5 Å². The van der Waals surface area contributed by atoms with Crippen LogP contribution in [0.1, 0.15) is 128 Å². The number of unbranched alkanes of at least 4 members (excludes halogenated alkanes) is 5. The fourth-order valence-corrected chi connectivity index (χ4v) is 5.14. The molecule has 1 aromatic rings. The molecule has 1 rings (SSSR count). The van der Waals surface area contributed by atoms with Crippen LogP contribution in [-0.2, 0) is 19.1 Å². The molecule has 0 aromatic heterocycles. The van der Waals surface area contributed by atoms with Gasteiger partial charge in [0.05, 0.1) is 0 Å². The third-order valence-corrected chi connectivity index (χ3v) is 7.19. The van der Waals surface area contributed by atoms with Gasteiger partial charge >= 0.3 is 6.09 Å². The maximum Gasteiger partial charge on any atom is 0.408 e. The Hall–Kier alpha value is -3.10. The molecule has 0 aliphatic heterocycles. The fraction of sp³-hybridized carbons (Fsp3) is 0.697. The van der Waals surface area contributed by atoms with Crippen LogP contribution in [0.2, 0.25) is 0 Å². The molecule has 0 fully saturated rings. The highest BCUT2D eigenvalue weighted by Crippen LogP contribution is 2.30. The van der Waals surface area contributed by atoms with Gasteiger partial charge in [-0.25, -0.2) is 4.79 Å². The molecule has 9 nitrogen and oxygen atoms in total. The highest BCUT2D eigenvalue weighted by molar-refractivity contribution is 5.93. The van der Waals surface area contributed by atoms with Crippen LogP contribution in [0.3, 0.4) is 0 Å². The van der Waals surface area contributed by atoms with Crippen molar-refractivity contribution >= 4 is 23.8 Å². The second-order valence-electron chi connectivity index (χ2n) is 12.4. The number of aryl methyl sites for hydroxylation is 2. The SMILES string of the molecule is CCCCCCCCN(C(=O)C(CCC(N)=O)NC(=O)OC(C)(C)C)C(C(=O)NC(C)CCC)c1c(C)cccc1C. The van der Waals surface area contributed by atoms with Gasteiger partial charge in [-0.3, -0.25) is 14.4 Å². The van der Waals surface area contributed by atoms with Crippen molar-refractivity contribution in [3.05, 3.63) is 34.9 Å². The van der Waals surface area contributed by atoms with E-state index in [-0.39, 0.29) is 24.8 Å². The molecule has 3 unspecified atom stereocenters. The predicted molar refractivity (Wildman–Crippen MR) is 168 cm³/mol. The largest absolute Gasteiger partial charge is 0.444 e. The minimum absolute atomic E-state index is 0.00621. The number of hydrogen-bond acceptors (Lipinski definition) is 5. The highest BCUT2D eigenvalue weighted by Gasteiger charge is 2.37. The molecule has 9 heteroatoms. The summed E-state index contributed by atoms with van der Waals surface area (Å²) >= 11 is 0. The molecule has 42 heavy (non-hydrogen) atoms. The number of amides is 4. The molecule has 0 aliphatic rings. The van der Waals surface area contributed by atoms with E-state index in [1.54, 1.807) is 25.7 Å². The van der Waals surface area contributed by atoms with Crippen molar-refractivity contribution < 1.29 is 23.9 Å². The Morgan fingerprint density at radius 1 is 0.905 bits per heavy atom. The van der Waals surface area contributed by atoms with Crippen LogP contribution in [0, 0.1) is 13.8 Å². The maximum atomic E-state index is 14.4. The van der Waals surface area contributed by atoms with E-state index in [9.17, 15) is 19.2 Å². The van der Waals surface area contributed by atoms with Crippen molar-refractivity contribution in [1.82, 2.24) is 15.5 Å². The lowest BCUT2D eigenvalue weighted by Crippen LogP contribution is -2.54. The average molecular weight is 589 g/mol. The third-order valence-electron chi connectivity index (χ3n) is 7.19. The summed E-state index contributed by atoms with van der Waals surface area (Å²) in [5.41, 5.74) is 7.22. The second kappa shape index (κ2) is 18.4. The van der Waals surface area contributed by atoms with Crippen LogP contribution in [0.15, 0.2) is 18.2 Å². The number of hydrogen-bond donors (Lipinski definition) is 3. The summed E-state index contributed by atoms with van der Waals surface area (Å²) in [5, 5.41) is 5.80. The van der Waals surface area contributed by atoms with E-state index in [1.807, 2.05) is 39.0 Å². The molecular weight excluding hydrogens is 532 g/mol. The van der Waals surface area contributed by atoms with Crippen molar-refractivity contribution in [3.8, 4) is 0 Å². The zero-order chi connectivity index (χ0) is 31.9. The van der Waals surface area contributed by atoms with Crippen LogP contribution in [0.25, 0.3) is 0 Å².